The average molecular weight is 397 g/mol. The molecule has 3 amide bonds. The van der Waals surface area contributed by atoms with E-state index in [1.807, 2.05) is 0 Å². The fraction of sp³-hybridized carbons (Fsp3) is 0.158. The van der Waals surface area contributed by atoms with Gasteiger partial charge in [0, 0.05) is 19.3 Å². The van der Waals surface area contributed by atoms with Gasteiger partial charge in [-0.1, -0.05) is 12.1 Å². The van der Waals surface area contributed by atoms with Crippen LogP contribution >= 0.6 is 11.8 Å². The van der Waals surface area contributed by atoms with Gasteiger partial charge < -0.3 is 14.8 Å². The highest BCUT2D eigenvalue weighted by Gasteiger charge is 2.34. The molecule has 0 aliphatic carbocycles. The lowest BCUT2D eigenvalue weighted by molar-refractivity contribution is -0.122. The predicted molar refractivity (Wildman–Crippen MR) is 102 cm³/mol. The maximum absolute atomic E-state index is 12.5. The lowest BCUT2D eigenvalue weighted by Crippen LogP contribution is -2.37. The Morgan fingerprint density at radius 2 is 2.07 bits per heavy atom. The van der Waals surface area contributed by atoms with E-state index in [9.17, 15) is 14.4 Å². The predicted octanol–water partition coefficient (Wildman–Crippen LogP) is 2.28. The van der Waals surface area contributed by atoms with Gasteiger partial charge in [0.2, 0.25) is 6.79 Å². The van der Waals surface area contributed by atoms with E-state index in [2.05, 4.69) is 10.3 Å². The molecular weight excluding hydrogens is 382 g/mol. The van der Waals surface area contributed by atoms with Gasteiger partial charge in [-0.15, -0.1) is 0 Å². The van der Waals surface area contributed by atoms with Crippen LogP contribution in [0.2, 0.25) is 0 Å². The summed E-state index contributed by atoms with van der Waals surface area (Å²) in [5, 5.41) is 2.28. The summed E-state index contributed by atoms with van der Waals surface area (Å²) in [4.78, 5) is 42.1. The highest BCUT2D eigenvalue weighted by molar-refractivity contribution is 8.18. The summed E-state index contributed by atoms with van der Waals surface area (Å²) in [7, 11) is 0. The molecule has 8 nitrogen and oxygen atoms in total. The number of thioether (sulfide) groups is 1. The standard InChI is InChI=1S/C19H15N3O5S/c23-17(13-3-1-2-6-20-13)21-7-8-22-18(24)16(28-19(22)25)10-12-4-5-14-15(9-12)27-11-26-14/h1-6,9-10H,7-8,11H2,(H,21,23). The largest absolute Gasteiger partial charge is 0.454 e. The van der Waals surface area contributed by atoms with Gasteiger partial charge in [0.15, 0.2) is 11.5 Å². The lowest BCUT2D eigenvalue weighted by Gasteiger charge is -2.12. The van der Waals surface area contributed by atoms with Crippen LogP contribution in [0.25, 0.3) is 6.08 Å². The van der Waals surface area contributed by atoms with Crippen molar-refractivity contribution in [2.24, 2.45) is 0 Å². The summed E-state index contributed by atoms with van der Waals surface area (Å²) in [6.07, 6.45) is 3.16. The Hall–Kier alpha value is -3.33. The number of carbonyl (C=O) groups excluding carboxylic acids is 3. The second-order valence-electron chi connectivity index (χ2n) is 5.92. The Balaban J connectivity index is 1.38. The Morgan fingerprint density at radius 3 is 2.89 bits per heavy atom. The number of fused-ring (bicyclic) bond motifs is 1. The van der Waals surface area contributed by atoms with Crippen molar-refractivity contribution in [3.63, 3.8) is 0 Å². The van der Waals surface area contributed by atoms with Gasteiger partial charge in [-0.25, -0.2) is 0 Å². The molecule has 1 fully saturated rings. The minimum absolute atomic E-state index is 0.0850. The quantitative estimate of drug-likeness (QED) is 0.773. The molecule has 1 N–H and O–H groups in total. The van der Waals surface area contributed by atoms with Gasteiger partial charge in [0.1, 0.15) is 5.69 Å². The Labute approximate surface area is 164 Å². The Kier molecular flexibility index (Phi) is 4.98. The number of nitrogens with zero attached hydrogens (tertiary/aromatic N) is 2. The second-order valence-corrected chi connectivity index (χ2v) is 6.91. The number of pyridine rings is 1. The smallest absolute Gasteiger partial charge is 0.293 e. The van der Waals surface area contributed by atoms with Gasteiger partial charge in [0.05, 0.1) is 4.91 Å². The van der Waals surface area contributed by atoms with Crippen LogP contribution in [0.5, 0.6) is 11.5 Å². The number of hydrogen-bond acceptors (Lipinski definition) is 7. The van der Waals surface area contributed by atoms with Crippen molar-refractivity contribution in [2.75, 3.05) is 19.9 Å². The number of carbonyl (C=O) groups is 3. The number of imide groups is 1. The van der Waals surface area contributed by atoms with Gasteiger partial charge in [-0.2, -0.15) is 0 Å². The first-order valence-electron chi connectivity index (χ1n) is 8.46. The molecule has 2 aliphatic heterocycles. The highest BCUT2D eigenvalue weighted by Crippen LogP contribution is 2.36. The molecule has 142 valence electrons. The molecule has 0 radical (unpaired) electrons. The van der Waals surface area contributed by atoms with E-state index in [4.69, 9.17) is 9.47 Å². The number of nitrogens with one attached hydrogen (secondary N) is 1. The Bertz CT molecular complexity index is 977. The molecule has 4 rings (SSSR count). The molecule has 9 heteroatoms. The monoisotopic (exact) mass is 397 g/mol. The number of hydrogen-bond donors (Lipinski definition) is 1. The number of amides is 3. The van der Waals surface area contributed by atoms with Crippen molar-refractivity contribution >= 4 is 34.9 Å². The van der Waals surface area contributed by atoms with E-state index in [0.717, 1.165) is 22.2 Å². The van der Waals surface area contributed by atoms with Crippen LogP contribution < -0.4 is 14.8 Å². The van der Waals surface area contributed by atoms with Crippen LogP contribution in [-0.4, -0.2) is 46.8 Å². The van der Waals surface area contributed by atoms with Gasteiger partial charge >= 0.3 is 0 Å². The molecule has 28 heavy (non-hydrogen) atoms. The van der Waals surface area contributed by atoms with Crippen molar-refractivity contribution in [3.05, 3.63) is 58.8 Å². The van der Waals surface area contributed by atoms with Crippen molar-refractivity contribution in [1.29, 1.82) is 0 Å². The first-order valence-corrected chi connectivity index (χ1v) is 9.28. The van der Waals surface area contributed by atoms with E-state index in [-0.39, 0.29) is 42.6 Å². The van der Waals surface area contributed by atoms with Gasteiger partial charge in [-0.05, 0) is 47.7 Å². The minimum atomic E-state index is -0.389. The summed E-state index contributed by atoms with van der Waals surface area (Å²) in [6.45, 7) is 0.395. The summed E-state index contributed by atoms with van der Waals surface area (Å²) < 4.78 is 10.6. The normalized spacial score (nSPS) is 16.7. The van der Waals surface area contributed by atoms with Crippen LogP contribution in [0, 0.1) is 0 Å². The molecule has 2 aliphatic rings. The van der Waals surface area contributed by atoms with Crippen molar-refractivity contribution < 1.29 is 23.9 Å². The van der Waals surface area contributed by atoms with E-state index in [1.54, 1.807) is 42.5 Å². The molecule has 1 aromatic carbocycles. The number of aromatic nitrogens is 1. The van der Waals surface area contributed by atoms with Crippen LogP contribution in [0.3, 0.4) is 0 Å². The zero-order valence-electron chi connectivity index (χ0n) is 14.6. The fourth-order valence-electron chi connectivity index (χ4n) is 2.72. The maximum atomic E-state index is 12.5. The zero-order valence-corrected chi connectivity index (χ0v) is 15.4. The number of benzene rings is 1. The molecule has 0 bridgehead atoms. The highest BCUT2D eigenvalue weighted by atomic mass is 32.2. The van der Waals surface area contributed by atoms with E-state index < -0.39 is 0 Å². The summed E-state index contributed by atoms with van der Waals surface area (Å²) in [5.41, 5.74) is 1.01. The molecule has 1 aromatic heterocycles. The SMILES string of the molecule is O=C(NCCN1C(=O)SC(=Cc2ccc3c(c2)OCO3)C1=O)c1ccccn1. The van der Waals surface area contributed by atoms with E-state index in [1.165, 1.54) is 6.20 Å². The fourth-order valence-corrected chi connectivity index (χ4v) is 3.58. The molecule has 2 aromatic rings. The molecular formula is C19H15N3O5S. The molecule has 0 atom stereocenters. The molecule has 0 spiro atoms. The van der Waals surface area contributed by atoms with Crippen LogP contribution in [0.1, 0.15) is 16.1 Å². The summed E-state index contributed by atoms with van der Waals surface area (Å²) >= 11 is 0.867. The van der Waals surface area contributed by atoms with Crippen LogP contribution in [0.15, 0.2) is 47.5 Å². The van der Waals surface area contributed by atoms with Crippen molar-refractivity contribution in [3.8, 4) is 11.5 Å². The average Bonchev–Trinajstić information content (AvgIpc) is 3.28. The Morgan fingerprint density at radius 1 is 1.21 bits per heavy atom. The van der Waals surface area contributed by atoms with Crippen molar-refractivity contribution in [1.82, 2.24) is 15.2 Å². The van der Waals surface area contributed by atoms with E-state index >= 15 is 0 Å². The third-order valence-corrected chi connectivity index (χ3v) is 4.99. The molecule has 3 heterocycles. The third-order valence-electron chi connectivity index (χ3n) is 4.09. The van der Waals surface area contributed by atoms with Crippen LogP contribution in [-0.2, 0) is 4.79 Å². The first kappa shape index (κ1) is 18.1. The zero-order chi connectivity index (χ0) is 19.5. The minimum Gasteiger partial charge on any atom is -0.454 e. The third kappa shape index (κ3) is 3.70. The topological polar surface area (TPSA) is 97.8 Å². The van der Waals surface area contributed by atoms with Crippen molar-refractivity contribution in [2.45, 2.75) is 0 Å². The summed E-state index contributed by atoms with van der Waals surface area (Å²) in [6, 6.07) is 10.3. The first-order chi connectivity index (χ1) is 13.6. The van der Waals surface area contributed by atoms with Gasteiger partial charge in [-0.3, -0.25) is 24.3 Å². The van der Waals surface area contributed by atoms with Gasteiger partial charge in [0.25, 0.3) is 17.1 Å². The number of rotatable bonds is 5. The van der Waals surface area contributed by atoms with Crippen LogP contribution in [0.4, 0.5) is 4.79 Å². The maximum Gasteiger partial charge on any atom is 0.293 e. The molecule has 0 saturated carbocycles. The van der Waals surface area contributed by atoms with E-state index in [0.29, 0.717) is 16.4 Å². The number of ether oxygens (including phenoxy) is 2. The molecule has 1 saturated heterocycles. The lowest BCUT2D eigenvalue weighted by atomic mass is 10.2. The summed E-state index contributed by atoms with van der Waals surface area (Å²) in [5.74, 6) is 0.502. The second kappa shape index (κ2) is 7.73. The molecule has 0 unspecified atom stereocenters.